The maximum absolute atomic E-state index is 12.0. The van der Waals surface area contributed by atoms with Crippen LogP contribution in [0.25, 0.3) is 0 Å². The Kier molecular flexibility index (Phi) is 5.26. The standard InChI is InChI=1S/C17H17N3O6S/c1-11(13-6-4-8-25-13)19-15(21)10-26-16(22)9-18-17-12-5-2-3-7-14(12)27(23,24)20-17/h2-8,11H,9-10H2,1H3,(H,18,20)(H,19,21)/t11-/m1/s1. The first-order chi connectivity index (χ1) is 12.9. The molecule has 1 aliphatic heterocycles. The zero-order chi connectivity index (χ0) is 19.4. The number of hydrogen-bond acceptors (Lipinski definition) is 7. The van der Waals surface area contributed by atoms with Crippen LogP contribution in [0.5, 0.6) is 0 Å². The third-order valence-corrected chi connectivity index (χ3v) is 5.14. The second kappa shape index (κ2) is 7.62. The third kappa shape index (κ3) is 4.34. The second-order valence-electron chi connectivity index (χ2n) is 5.73. The Labute approximate surface area is 155 Å². The van der Waals surface area contributed by atoms with Gasteiger partial charge < -0.3 is 14.5 Å². The molecule has 1 aromatic carbocycles. The predicted molar refractivity (Wildman–Crippen MR) is 94.4 cm³/mol. The Bertz CT molecular complexity index is 982. The summed E-state index contributed by atoms with van der Waals surface area (Å²) >= 11 is 0. The minimum atomic E-state index is -3.67. The van der Waals surface area contributed by atoms with E-state index in [1.807, 2.05) is 0 Å². The number of fused-ring (bicyclic) bond motifs is 1. The van der Waals surface area contributed by atoms with Crippen molar-refractivity contribution in [2.75, 3.05) is 13.2 Å². The van der Waals surface area contributed by atoms with E-state index >= 15 is 0 Å². The lowest BCUT2D eigenvalue weighted by Crippen LogP contribution is -2.31. The van der Waals surface area contributed by atoms with Crippen molar-refractivity contribution in [3.8, 4) is 0 Å². The molecule has 10 heteroatoms. The van der Waals surface area contributed by atoms with E-state index < -0.39 is 35.1 Å². The summed E-state index contributed by atoms with van der Waals surface area (Å²) in [4.78, 5) is 27.6. The molecule has 0 unspecified atom stereocenters. The molecule has 2 heterocycles. The van der Waals surface area contributed by atoms with Crippen LogP contribution < -0.4 is 10.0 Å². The number of rotatable bonds is 6. The molecule has 3 rings (SSSR count). The highest BCUT2D eigenvalue weighted by atomic mass is 32.2. The fraction of sp³-hybridized carbons (Fsp3) is 0.235. The van der Waals surface area contributed by atoms with Crippen LogP contribution in [0.2, 0.25) is 0 Å². The first-order valence-corrected chi connectivity index (χ1v) is 9.50. The van der Waals surface area contributed by atoms with Crippen LogP contribution in [0, 0.1) is 0 Å². The van der Waals surface area contributed by atoms with E-state index in [-0.39, 0.29) is 16.8 Å². The number of nitrogens with one attached hydrogen (secondary N) is 2. The largest absolute Gasteiger partial charge is 0.467 e. The molecule has 9 nitrogen and oxygen atoms in total. The zero-order valence-electron chi connectivity index (χ0n) is 14.3. The van der Waals surface area contributed by atoms with Gasteiger partial charge in [0.05, 0.1) is 17.2 Å². The molecule has 27 heavy (non-hydrogen) atoms. The summed E-state index contributed by atoms with van der Waals surface area (Å²) in [6.45, 7) is 0.832. The summed E-state index contributed by atoms with van der Waals surface area (Å²) < 4.78 is 36.2. The minimum Gasteiger partial charge on any atom is -0.467 e. The Morgan fingerprint density at radius 2 is 2.04 bits per heavy atom. The first kappa shape index (κ1) is 18.6. The molecule has 142 valence electrons. The van der Waals surface area contributed by atoms with Crippen molar-refractivity contribution < 1.29 is 27.2 Å². The first-order valence-electron chi connectivity index (χ1n) is 8.02. The highest BCUT2D eigenvalue weighted by Gasteiger charge is 2.30. The monoisotopic (exact) mass is 391 g/mol. The molecule has 1 amide bonds. The Hall–Kier alpha value is -3.14. The van der Waals surface area contributed by atoms with Crippen molar-refractivity contribution in [3.63, 3.8) is 0 Å². The highest BCUT2D eigenvalue weighted by molar-refractivity contribution is 7.90. The number of esters is 1. The Morgan fingerprint density at radius 3 is 2.78 bits per heavy atom. The van der Waals surface area contributed by atoms with Crippen molar-refractivity contribution in [1.82, 2.24) is 10.0 Å². The van der Waals surface area contributed by atoms with E-state index in [1.54, 1.807) is 37.3 Å². The molecule has 0 bridgehead atoms. The summed E-state index contributed by atoms with van der Waals surface area (Å²) in [5.74, 6) is -0.606. The lowest BCUT2D eigenvalue weighted by atomic mass is 10.2. The zero-order valence-corrected chi connectivity index (χ0v) is 15.2. The van der Waals surface area contributed by atoms with E-state index in [0.717, 1.165) is 0 Å². The fourth-order valence-electron chi connectivity index (χ4n) is 2.48. The molecule has 0 saturated heterocycles. The Balaban J connectivity index is 1.52. The van der Waals surface area contributed by atoms with E-state index in [2.05, 4.69) is 15.0 Å². The second-order valence-corrected chi connectivity index (χ2v) is 7.38. The van der Waals surface area contributed by atoms with Gasteiger partial charge in [0, 0.05) is 5.56 Å². The maximum atomic E-state index is 12.0. The number of nitrogens with zero attached hydrogens (tertiary/aromatic N) is 1. The average Bonchev–Trinajstić information content (AvgIpc) is 3.26. The van der Waals surface area contributed by atoms with Gasteiger partial charge in [-0.3, -0.25) is 19.3 Å². The normalized spacial score (nSPS) is 17.0. The number of aliphatic imine (C=N–C) groups is 1. The van der Waals surface area contributed by atoms with Gasteiger partial charge in [0.15, 0.2) is 6.61 Å². The van der Waals surface area contributed by atoms with Gasteiger partial charge in [0.25, 0.3) is 15.9 Å². The van der Waals surface area contributed by atoms with Gasteiger partial charge in [-0.05, 0) is 31.2 Å². The molecule has 0 radical (unpaired) electrons. The van der Waals surface area contributed by atoms with Crippen LogP contribution in [-0.4, -0.2) is 39.3 Å². The third-order valence-electron chi connectivity index (χ3n) is 3.74. The number of benzene rings is 1. The predicted octanol–water partition coefficient (Wildman–Crippen LogP) is 0.739. The van der Waals surface area contributed by atoms with E-state index in [1.165, 1.54) is 12.3 Å². The number of amidine groups is 1. The van der Waals surface area contributed by atoms with Gasteiger partial charge in [0.1, 0.15) is 18.1 Å². The highest BCUT2D eigenvalue weighted by Crippen LogP contribution is 2.22. The SMILES string of the molecule is C[C@@H](NC(=O)COC(=O)CN=C1NS(=O)(=O)c2ccccc21)c1ccco1. The molecule has 0 aliphatic carbocycles. The van der Waals surface area contributed by atoms with E-state index in [9.17, 15) is 18.0 Å². The molecular weight excluding hydrogens is 374 g/mol. The molecule has 0 fully saturated rings. The number of hydrogen-bond donors (Lipinski definition) is 2. The summed E-state index contributed by atoms with van der Waals surface area (Å²) in [5.41, 5.74) is 0.385. The number of furan rings is 1. The molecular formula is C17H17N3O6S. The number of carbonyl (C=O) groups excluding carboxylic acids is 2. The maximum Gasteiger partial charge on any atom is 0.328 e. The van der Waals surface area contributed by atoms with Gasteiger partial charge in [0.2, 0.25) is 0 Å². The molecule has 1 aliphatic rings. The van der Waals surface area contributed by atoms with Gasteiger partial charge in [-0.1, -0.05) is 12.1 Å². The quantitative estimate of drug-likeness (QED) is 0.699. The summed E-state index contributed by atoms with van der Waals surface area (Å²) in [6.07, 6.45) is 1.49. The van der Waals surface area contributed by atoms with Crippen LogP contribution in [0.15, 0.2) is 57.0 Å². The van der Waals surface area contributed by atoms with Gasteiger partial charge in [-0.15, -0.1) is 0 Å². The average molecular weight is 391 g/mol. The van der Waals surface area contributed by atoms with E-state index in [4.69, 9.17) is 9.15 Å². The van der Waals surface area contributed by atoms with Crippen LogP contribution in [0.4, 0.5) is 0 Å². The van der Waals surface area contributed by atoms with Crippen molar-refractivity contribution in [2.45, 2.75) is 17.9 Å². The van der Waals surface area contributed by atoms with Crippen LogP contribution in [0.3, 0.4) is 0 Å². The number of ether oxygens (including phenoxy) is 1. The molecule has 1 atom stereocenters. The number of carbonyl (C=O) groups is 2. The number of amides is 1. The van der Waals surface area contributed by atoms with Crippen molar-refractivity contribution in [1.29, 1.82) is 0 Å². The van der Waals surface area contributed by atoms with E-state index in [0.29, 0.717) is 11.3 Å². The van der Waals surface area contributed by atoms with Gasteiger partial charge in [-0.25, -0.2) is 8.42 Å². The van der Waals surface area contributed by atoms with Crippen LogP contribution in [0.1, 0.15) is 24.3 Å². The minimum absolute atomic E-state index is 0.0680. The molecule has 2 N–H and O–H groups in total. The van der Waals surface area contributed by atoms with Crippen LogP contribution >= 0.6 is 0 Å². The fourth-order valence-corrected chi connectivity index (χ4v) is 3.73. The molecule has 0 spiro atoms. The van der Waals surface area contributed by atoms with Gasteiger partial charge in [-0.2, -0.15) is 0 Å². The summed E-state index contributed by atoms with van der Waals surface area (Å²) in [5, 5.41) is 2.62. The lowest BCUT2D eigenvalue weighted by molar-refractivity contribution is -0.147. The smallest absolute Gasteiger partial charge is 0.328 e. The molecule has 0 saturated carbocycles. The van der Waals surface area contributed by atoms with Gasteiger partial charge >= 0.3 is 5.97 Å². The van der Waals surface area contributed by atoms with Crippen LogP contribution in [-0.2, 0) is 24.3 Å². The topological polar surface area (TPSA) is 127 Å². The Morgan fingerprint density at radius 1 is 1.26 bits per heavy atom. The van der Waals surface area contributed by atoms with Crippen molar-refractivity contribution in [2.24, 2.45) is 4.99 Å². The number of sulfonamides is 1. The lowest BCUT2D eigenvalue weighted by Gasteiger charge is -2.11. The molecule has 1 aromatic heterocycles. The summed E-state index contributed by atoms with van der Waals surface area (Å²) in [7, 11) is -3.67. The van der Waals surface area contributed by atoms with Crippen molar-refractivity contribution >= 4 is 27.7 Å². The summed E-state index contributed by atoms with van der Waals surface area (Å²) in [6, 6.07) is 9.34. The van der Waals surface area contributed by atoms with Crippen molar-refractivity contribution in [3.05, 3.63) is 54.0 Å². The molecule has 2 aromatic rings.